The highest BCUT2D eigenvalue weighted by atomic mass is 19.1. The molecule has 0 saturated carbocycles. The average molecular weight is 276 g/mol. The molecular weight excluding hydrogens is 263 g/mol. The zero-order valence-corrected chi connectivity index (χ0v) is 10.8. The van der Waals surface area contributed by atoms with Gasteiger partial charge in [0.2, 0.25) is 0 Å². The molecule has 0 aliphatic heterocycles. The number of hydrogen-bond acceptors (Lipinski definition) is 4. The van der Waals surface area contributed by atoms with Crippen LogP contribution in [0.25, 0.3) is 0 Å². The number of esters is 1. The van der Waals surface area contributed by atoms with E-state index in [4.69, 9.17) is 11.1 Å². The predicted molar refractivity (Wildman–Crippen MR) is 70.1 cm³/mol. The first-order valence-electron chi connectivity index (χ1n) is 5.77. The Bertz CT molecular complexity index is 666. The van der Waals surface area contributed by atoms with Crippen molar-refractivity contribution in [2.75, 3.05) is 7.11 Å². The van der Waals surface area contributed by atoms with E-state index in [0.717, 1.165) is 0 Å². The molecule has 2 rings (SSSR count). The Morgan fingerprint density at radius 2 is 2.20 bits per heavy atom. The fourth-order valence-corrected chi connectivity index (χ4v) is 1.73. The summed E-state index contributed by atoms with van der Waals surface area (Å²) >= 11 is 0. The van der Waals surface area contributed by atoms with Crippen molar-refractivity contribution in [1.29, 1.82) is 5.41 Å². The van der Waals surface area contributed by atoms with Crippen molar-refractivity contribution in [3.05, 3.63) is 53.1 Å². The van der Waals surface area contributed by atoms with Crippen LogP contribution in [0.4, 0.5) is 4.39 Å². The van der Waals surface area contributed by atoms with Gasteiger partial charge in [-0.2, -0.15) is 5.10 Å². The van der Waals surface area contributed by atoms with Gasteiger partial charge in [-0.3, -0.25) is 10.1 Å². The monoisotopic (exact) mass is 276 g/mol. The summed E-state index contributed by atoms with van der Waals surface area (Å²) in [5.41, 5.74) is 5.97. The van der Waals surface area contributed by atoms with Crippen molar-refractivity contribution in [2.45, 2.75) is 6.54 Å². The van der Waals surface area contributed by atoms with Crippen molar-refractivity contribution in [2.24, 2.45) is 5.73 Å². The topological polar surface area (TPSA) is 94.0 Å². The van der Waals surface area contributed by atoms with E-state index in [-0.39, 0.29) is 23.8 Å². The van der Waals surface area contributed by atoms with Crippen LogP contribution in [0, 0.1) is 11.2 Å². The maximum atomic E-state index is 13.6. The van der Waals surface area contributed by atoms with Crippen LogP contribution in [-0.4, -0.2) is 28.7 Å². The number of ether oxygens (including phenoxy) is 1. The van der Waals surface area contributed by atoms with Crippen LogP contribution in [0.1, 0.15) is 21.7 Å². The first kappa shape index (κ1) is 13.7. The smallest absolute Gasteiger partial charge is 0.356 e. The number of hydrogen-bond donors (Lipinski definition) is 2. The van der Waals surface area contributed by atoms with E-state index in [1.807, 2.05) is 0 Å². The molecule has 6 nitrogen and oxygen atoms in total. The van der Waals surface area contributed by atoms with Crippen LogP contribution in [0.3, 0.4) is 0 Å². The quantitative estimate of drug-likeness (QED) is 0.497. The van der Waals surface area contributed by atoms with Gasteiger partial charge in [0.25, 0.3) is 0 Å². The van der Waals surface area contributed by atoms with E-state index >= 15 is 0 Å². The molecule has 3 N–H and O–H groups in total. The summed E-state index contributed by atoms with van der Waals surface area (Å²) in [5.74, 6) is -1.30. The minimum absolute atomic E-state index is 0.0460. The van der Waals surface area contributed by atoms with E-state index in [1.165, 1.54) is 23.9 Å². The number of rotatable bonds is 4. The molecule has 20 heavy (non-hydrogen) atoms. The predicted octanol–water partition coefficient (Wildman–Crippen LogP) is 1.14. The number of methoxy groups -OCH3 is 1. The summed E-state index contributed by atoms with van der Waals surface area (Å²) in [6.07, 6.45) is 0. The van der Waals surface area contributed by atoms with Gasteiger partial charge in [0.05, 0.1) is 13.7 Å². The summed E-state index contributed by atoms with van der Waals surface area (Å²) in [6.45, 7) is 0.0460. The van der Waals surface area contributed by atoms with E-state index < -0.39 is 11.8 Å². The standard InChI is InChI=1S/C13H13FN4O2/c1-20-13(19)11-6-10(12(15)16)17-18(11)7-8-4-2-3-5-9(8)14/h2-6H,7H2,1H3,(H3,15,16). The van der Waals surface area contributed by atoms with Crippen molar-refractivity contribution in [3.8, 4) is 0 Å². The van der Waals surface area contributed by atoms with Crippen molar-refractivity contribution >= 4 is 11.8 Å². The second-order valence-corrected chi connectivity index (χ2v) is 4.07. The second-order valence-electron chi connectivity index (χ2n) is 4.07. The number of halogens is 1. The molecular formula is C13H13FN4O2. The number of nitrogens with one attached hydrogen (secondary N) is 1. The number of benzene rings is 1. The Labute approximate surface area is 114 Å². The lowest BCUT2D eigenvalue weighted by Gasteiger charge is -2.06. The van der Waals surface area contributed by atoms with Crippen molar-refractivity contribution < 1.29 is 13.9 Å². The maximum absolute atomic E-state index is 13.6. The first-order chi connectivity index (χ1) is 9.52. The molecule has 0 aliphatic rings. The third kappa shape index (κ3) is 2.66. The second kappa shape index (κ2) is 5.52. The van der Waals surface area contributed by atoms with Crippen molar-refractivity contribution in [1.82, 2.24) is 9.78 Å². The van der Waals surface area contributed by atoms with Gasteiger partial charge in [0.15, 0.2) is 0 Å². The number of nitrogens with zero attached hydrogens (tertiary/aromatic N) is 2. The highest BCUT2D eigenvalue weighted by Crippen LogP contribution is 2.12. The normalized spacial score (nSPS) is 10.3. The number of carbonyl (C=O) groups excluding carboxylic acids is 1. The van der Waals surface area contributed by atoms with Crippen LogP contribution in [0.5, 0.6) is 0 Å². The third-order valence-electron chi connectivity index (χ3n) is 2.73. The van der Waals surface area contributed by atoms with Crippen LogP contribution in [0.2, 0.25) is 0 Å². The van der Waals surface area contributed by atoms with Crippen LogP contribution < -0.4 is 5.73 Å². The summed E-state index contributed by atoms with van der Waals surface area (Å²) in [6, 6.07) is 7.51. The molecule has 104 valence electrons. The Hall–Kier alpha value is -2.70. The van der Waals surface area contributed by atoms with Gasteiger partial charge in [-0.25, -0.2) is 9.18 Å². The van der Waals surface area contributed by atoms with Gasteiger partial charge in [-0.05, 0) is 6.07 Å². The zero-order chi connectivity index (χ0) is 14.7. The molecule has 0 amide bonds. The lowest BCUT2D eigenvalue weighted by Crippen LogP contribution is -2.14. The minimum Gasteiger partial charge on any atom is -0.464 e. The Balaban J connectivity index is 2.42. The van der Waals surface area contributed by atoms with Crippen LogP contribution >= 0.6 is 0 Å². The maximum Gasteiger partial charge on any atom is 0.356 e. The van der Waals surface area contributed by atoms with Gasteiger partial charge >= 0.3 is 5.97 Å². The van der Waals surface area contributed by atoms with E-state index in [2.05, 4.69) is 9.84 Å². The first-order valence-corrected chi connectivity index (χ1v) is 5.77. The number of amidine groups is 1. The van der Waals surface area contributed by atoms with Crippen LogP contribution in [-0.2, 0) is 11.3 Å². The lowest BCUT2D eigenvalue weighted by molar-refractivity contribution is 0.0587. The lowest BCUT2D eigenvalue weighted by atomic mass is 10.2. The molecule has 2 aromatic rings. The highest BCUT2D eigenvalue weighted by Gasteiger charge is 2.18. The van der Waals surface area contributed by atoms with E-state index in [1.54, 1.807) is 18.2 Å². The zero-order valence-electron chi connectivity index (χ0n) is 10.8. The van der Waals surface area contributed by atoms with Gasteiger partial charge in [0, 0.05) is 11.6 Å². The summed E-state index contributed by atoms with van der Waals surface area (Å²) < 4.78 is 19.5. The molecule has 7 heteroatoms. The molecule has 0 bridgehead atoms. The van der Waals surface area contributed by atoms with E-state index in [9.17, 15) is 9.18 Å². The number of aromatic nitrogens is 2. The minimum atomic E-state index is -0.624. The molecule has 0 spiro atoms. The molecule has 0 atom stereocenters. The fraction of sp³-hybridized carbons (Fsp3) is 0.154. The Morgan fingerprint density at radius 3 is 2.80 bits per heavy atom. The number of nitrogen functional groups attached to an aromatic ring is 1. The summed E-state index contributed by atoms with van der Waals surface area (Å²) in [4.78, 5) is 11.7. The summed E-state index contributed by atoms with van der Waals surface area (Å²) in [5, 5.41) is 11.4. The fourth-order valence-electron chi connectivity index (χ4n) is 1.73. The highest BCUT2D eigenvalue weighted by molar-refractivity contribution is 5.96. The number of nitrogens with two attached hydrogens (primary N) is 1. The van der Waals surface area contributed by atoms with Gasteiger partial charge in [-0.1, -0.05) is 18.2 Å². The molecule has 0 aliphatic carbocycles. The van der Waals surface area contributed by atoms with Gasteiger partial charge in [0.1, 0.15) is 23.0 Å². The third-order valence-corrected chi connectivity index (χ3v) is 2.73. The Morgan fingerprint density at radius 1 is 1.50 bits per heavy atom. The average Bonchev–Trinajstić information content (AvgIpc) is 2.85. The summed E-state index contributed by atoms with van der Waals surface area (Å²) in [7, 11) is 1.23. The Kier molecular flexibility index (Phi) is 3.79. The number of carbonyl (C=O) groups is 1. The van der Waals surface area contributed by atoms with Gasteiger partial charge in [-0.15, -0.1) is 0 Å². The largest absolute Gasteiger partial charge is 0.464 e. The molecule has 0 radical (unpaired) electrons. The molecule has 1 aromatic heterocycles. The van der Waals surface area contributed by atoms with Gasteiger partial charge < -0.3 is 10.5 Å². The van der Waals surface area contributed by atoms with Crippen LogP contribution in [0.15, 0.2) is 30.3 Å². The molecule has 0 fully saturated rings. The van der Waals surface area contributed by atoms with Crippen molar-refractivity contribution in [3.63, 3.8) is 0 Å². The molecule has 1 aromatic carbocycles. The molecule has 0 unspecified atom stereocenters. The SMILES string of the molecule is COC(=O)c1cc(C(=N)N)nn1Cc1ccccc1F. The molecule has 1 heterocycles. The molecule has 0 saturated heterocycles. The van der Waals surface area contributed by atoms with E-state index in [0.29, 0.717) is 5.56 Å².